The summed E-state index contributed by atoms with van der Waals surface area (Å²) in [4.78, 5) is 24.7. The lowest BCUT2D eigenvalue weighted by molar-refractivity contribution is -0.143. The standard InChI is InChI=1S/C87H167NO5/c1-3-5-7-9-11-13-15-17-19-20-21-22-23-39-42-45-48-52-55-59-63-67-71-75-79-85(90)84(83-89)88-86(91)80-76-72-68-64-60-56-53-49-46-43-40-37-35-33-31-29-27-25-24-26-28-30-32-34-36-38-41-44-47-50-54-58-62-66-70-74-78-82-93-87(92)81-77-73-69-65-61-57-51-18-16-14-12-10-8-6-4-2/h12,14,18,51,75,79,84-85,89-90H,3-11,13,15-17,19-50,52-74,76-78,80-83H2,1-2H3,(H,88,91)/b14-12-,51-18-,79-75+. The summed E-state index contributed by atoms with van der Waals surface area (Å²) >= 11 is 0. The number of nitrogens with one attached hydrogen (secondary N) is 1. The number of carbonyl (C=O) groups excluding carboxylic acids is 2. The van der Waals surface area contributed by atoms with Gasteiger partial charge in [-0.25, -0.2) is 0 Å². The summed E-state index contributed by atoms with van der Waals surface area (Å²) in [7, 11) is 0. The third-order valence-electron chi connectivity index (χ3n) is 20.2. The highest BCUT2D eigenvalue weighted by molar-refractivity contribution is 5.76. The van der Waals surface area contributed by atoms with Crippen LogP contribution in [0.3, 0.4) is 0 Å². The average Bonchev–Trinajstić information content (AvgIpc) is 3.78. The summed E-state index contributed by atoms with van der Waals surface area (Å²) in [5.74, 6) is -0.0469. The lowest BCUT2D eigenvalue weighted by Crippen LogP contribution is -2.45. The molecule has 0 aromatic heterocycles. The second kappa shape index (κ2) is 82.5. The molecule has 6 nitrogen and oxygen atoms in total. The Morgan fingerprint density at radius 3 is 0.839 bits per heavy atom. The van der Waals surface area contributed by atoms with Gasteiger partial charge in [0.25, 0.3) is 0 Å². The van der Waals surface area contributed by atoms with E-state index in [1.165, 1.54) is 405 Å². The minimum Gasteiger partial charge on any atom is -0.466 e. The number of esters is 1. The summed E-state index contributed by atoms with van der Waals surface area (Å²) in [5, 5.41) is 23.3. The van der Waals surface area contributed by atoms with Crippen molar-refractivity contribution in [3.63, 3.8) is 0 Å². The highest BCUT2D eigenvalue weighted by Crippen LogP contribution is 2.21. The Bertz CT molecular complexity index is 1510. The van der Waals surface area contributed by atoms with Crippen LogP contribution in [0, 0.1) is 0 Å². The van der Waals surface area contributed by atoms with E-state index in [1.54, 1.807) is 6.08 Å². The van der Waals surface area contributed by atoms with E-state index in [1.807, 2.05) is 6.08 Å². The second-order valence-corrected chi connectivity index (χ2v) is 29.5. The molecule has 93 heavy (non-hydrogen) atoms. The summed E-state index contributed by atoms with van der Waals surface area (Å²) in [6.07, 6.45) is 109. The zero-order valence-corrected chi connectivity index (χ0v) is 63.3. The first-order valence-corrected chi connectivity index (χ1v) is 42.8. The molecule has 0 saturated carbocycles. The third-order valence-corrected chi connectivity index (χ3v) is 20.2. The highest BCUT2D eigenvalue weighted by atomic mass is 16.5. The Morgan fingerprint density at radius 1 is 0.301 bits per heavy atom. The maximum atomic E-state index is 12.6. The number of rotatable bonds is 81. The van der Waals surface area contributed by atoms with Gasteiger partial charge in [0.15, 0.2) is 0 Å². The Labute approximate surface area is 583 Å². The molecule has 1 amide bonds. The predicted molar refractivity (Wildman–Crippen MR) is 412 cm³/mol. The Morgan fingerprint density at radius 2 is 0.538 bits per heavy atom. The molecule has 2 unspecified atom stereocenters. The van der Waals surface area contributed by atoms with Crippen molar-refractivity contribution in [3.05, 3.63) is 36.5 Å². The summed E-state index contributed by atoms with van der Waals surface area (Å²) in [6, 6.07) is -0.625. The fourth-order valence-electron chi connectivity index (χ4n) is 13.7. The molecule has 0 saturated heterocycles. The van der Waals surface area contributed by atoms with E-state index in [0.29, 0.717) is 19.4 Å². The number of hydrogen-bond donors (Lipinski definition) is 3. The van der Waals surface area contributed by atoms with Crippen LogP contribution in [0.15, 0.2) is 36.5 Å². The zero-order chi connectivity index (χ0) is 67.0. The van der Waals surface area contributed by atoms with Gasteiger partial charge in [-0.05, 0) is 64.2 Å². The van der Waals surface area contributed by atoms with Crippen LogP contribution in [0.5, 0.6) is 0 Å². The van der Waals surface area contributed by atoms with Crippen LogP contribution in [0.2, 0.25) is 0 Å². The lowest BCUT2D eigenvalue weighted by atomic mass is 10.0. The van der Waals surface area contributed by atoms with Crippen molar-refractivity contribution in [2.45, 2.75) is 495 Å². The molecule has 0 aromatic carbocycles. The molecular formula is C87H167NO5. The summed E-state index contributed by atoms with van der Waals surface area (Å²) in [5.41, 5.74) is 0. The Hall–Kier alpha value is -1.92. The minimum atomic E-state index is -0.842. The van der Waals surface area contributed by atoms with Gasteiger partial charge in [-0.15, -0.1) is 0 Å². The molecule has 0 bridgehead atoms. The number of hydrogen-bond acceptors (Lipinski definition) is 5. The molecule has 0 aliphatic carbocycles. The molecule has 0 aliphatic heterocycles. The van der Waals surface area contributed by atoms with Crippen molar-refractivity contribution in [2.75, 3.05) is 13.2 Å². The predicted octanol–water partition coefficient (Wildman–Crippen LogP) is 28.6. The normalized spacial score (nSPS) is 12.6. The molecule has 0 aromatic rings. The van der Waals surface area contributed by atoms with Crippen molar-refractivity contribution in [1.82, 2.24) is 5.32 Å². The number of aliphatic hydroxyl groups is 2. The monoisotopic (exact) mass is 1310 g/mol. The van der Waals surface area contributed by atoms with Crippen molar-refractivity contribution < 1.29 is 24.5 Å². The maximum absolute atomic E-state index is 12.6. The number of amides is 1. The van der Waals surface area contributed by atoms with Gasteiger partial charge in [0.1, 0.15) is 0 Å². The zero-order valence-electron chi connectivity index (χ0n) is 63.3. The van der Waals surface area contributed by atoms with E-state index in [9.17, 15) is 19.8 Å². The topological polar surface area (TPSA) is 95.9 Å². The third kappa shape index (κ3) is 79.0. The van der Waals surface area contributed by atoms with E-state index < -0.39 is 12.1 Å². The molecule has 0 heterocycles. The lowest BCUT2D eigenvalue weighted by Gasteiger charge is -2.20. The average molecular weight is 1310 g/mol. The van der Waals surface area contributed by atoms with Crippen LogP contribution in [0.1, 0.15) is 483 Å². The van der Waals surface area contributed by atoms with Gasteiger partial charge < -0.3 is 20.3 Å². The molecule has 3 N–H and O–H groups in total. The van der Waals surface area contributed by atoms with Gasteiger partial charge in [-0.1, -0.05) is 442 Å². The van der Waals surface area contributed by atoms with Crippen LogP contribution in [0.4, 0.5) is 0 Å². The van der Waals surface area contributed by atoms with Gasteiger partial charge in [-0.3, -0.25) is 9.59 Å². The number of allylic oxidation sites excluding steroid dienone is 5. The van der Waals surface area contributed by atoms with Crippen molar-refractivity contribution in [2.24, 2.45) is 0 Å². The molecule has 6 heteroatoms. The second-order valence-electron chi connectivity index (χ2n) is 29.5. The molecular weight excluding hydrogens is 1140 g/mol. The molecule has 550 valence electrons. The van der Waals surface area contributed by atoms with E-state index in [4.69, 9.17) is 4.74 Å². The van der Waals surface area contributed by atoms with E-state index >= 15 is 0 Å². The van der Waals surface area contributed by atoms with Gasteiger partial charge >= 0.3 is 5.97 Å². The smallest absolute Gasteiger partial charge is 0.305 e. The molecule has 0 radical (unpaired) electrons. The SMILES string of the molecule is CCCCC/C=C\C/C=C\CCCCCCCC(=O)OCCCCCCCCCCCCCCCCCCCCCCCCCCCCCCCCCCCCCCCC(=O)NC(CO)C(O)/C=C/CCCCCCCCCCCCCCCCCCCCCCCC. The van der Waals surface area contributed by atoms with Crippen LogP contribution >= 0.6 is 0 Å². The minimum absolute atomic E-state index is 0.00990. The Kier molecular flexibility index (Phi) is 80.8. The van der Waals surface area contributed by atoms with Gasteiger partial charge in [0.2, 0.25) is 5.91 Å². The number of carbonyl (C=O) groups is 2. The van der Waals surface area contributed by atoms with Gasteiger partial charge in [-0.2, -0.15) is 0 Å². The highest BCUT2D eigenvalue weighted by Gasteiger charge is 2.18. The van der Waals surface area contributed by atoms with Crippen molar-refractivity contribution in [1.29, 1.82) is 0 Å². The quantitative estimate of drug-likeness (QED) is 0.0320. The van der Waals surface area contributed by atoms with Gasteiger partial charge in [0.05, 0.1) is 25.4 Å². The first-order valence-electron chi connectivity index (χ1n) is 42.8. The maximum Gasteiger partial charge on any atom is 0.305 e. The fourth-order valence-corrected chi connectivity index (χ4v) is 13.7. The fraction of sp³-hybridized carbons (Fsp3) is 0.908. The van der Waals surface area contributed by atoms with Crippen LogP contribution in [-0.2, 0) is 14.3 Å². The Balaban J connectivity index is 3.33. The molecule has 0 fully saturated rings. The first-order chi connectivity index (χ1) is 46.0. The van der Waals surface area contributed by atoms with E-state index in [2.05, 4.69) is 43.5 Å². The van der Waals surface area contributed by atoms with Crippen LogP contribution in [-0.4, -0.2) is 47.4 Å². The largest absolute Gasteiger partial charge is 0.466 e. The molecule has 0 aliphatic rings. The number of ether oxygens (including phenoxy) is 1. The molecule has 0 rings (SSSR count). The van der Waals surface area contributed by atoms with E-state index in [-0.39, 0.29) is 18.5 Å². The summed E-state index contributed by atoms with van der Waals surface area (Å²) < 4.78 is 5.50. The molecule has 2 atom stereocenters. The van der Waals surface area contributed by atoms with Crippen LogP contribution < -0.4 is 5.32 Å². The molecule has 0 spiro atoms. The van der Waals surface area contributed by atoms with Crippen molar-refractivity contribution >= 4 is 11.9 Å². The first kappa shape index (κ1) is 91.1. The van der Waals surface area contributed by atoms with Crippen LogP contribution in [0.25, 0.3) is 0 Å². The van der Waals surface area contributed by atoms with Gasteiger partial charge in [0, 0.05) is 12.8 Å². The number of aliphatic hydroxyl groups excluding tert-OH is 2. The van der Waals surface area contributed by atoms with Crippen molar-refractivity contribution in [3.8, 4) is 0 Å². The number of unbranched alkanes of at least 4 members (excludes halogenated alkanes) is 66. The summed E-state index contributed by atoms with van der Waals surface area (Å²) in [6.45, 7) is 4.93. The van der Waals surface area contributed by atoms with E-state index in [0.717, 1.165) is 51.4 Å².